The molecule has 1 aromatic carbocycles. The summed E-state index contributed by atoms with van der Waals surface area (Å²) in [7, 11) is 0. The maximum atomic E-state index is 15.3. The minimum Gasteiger partial charge on any atom is -0.369 e. The van der Waals surface area contributed by atoms with Gasteiger partial charge in [0.2, 0.25) is 5.91 Å². The molecule has 1 fully saturated rings. The molecule has 3 heterocycles. The summed E-state index contributed by atoms with van der Waals surface area (Å²) in [5, 5.41) is 3.15. The number of anilines is 2. The van der Waals surface area contributed by atoms with Crippen molar-refractivity contribution in [2.24, 2.45) is 11.5 Å². The number of hydrogen-bond donors (Lipinski definition) is 3. The number of carbonyl (C=O) groups excluding carboxylic acids is 1. The number of nitrogens with zero attached hydrogens (tertiary/aromatic N) is 3. The zero-order valence-corrected chi connectivity index (χ0v) is 19.1. The van der Waals surface area contributed by atoms with Crippen LogP contribution in [-0.2, 0) is 17.8 Å². The fourth-order valence-corrected chi connectivity index (χ4v) is 4.36. The molecule has 1 amide bonds. The van der Waals surface area contributed by atoms with Gasteiger partial charge < -0.3 is 21.7 Å². The van der Waals surface area contributed by atoms with Gasteiger partial charge >= 0.3 is 0 Å². The summed E-state index contributed by atoms with van der Waals surface area (Å²) in [6.45, 7) is 0.738. The van der Waals surface area contributed by atoms with Crippen molar-refractivity contribution in [3.63, 3.8) is 0 Å². The van der Waals surface area contributed by atoms with E-state index in [2.05, 4.69) is 15.3 Å². The van der Waals surface area contributed by atoms with E-state index in [1.165, 1.54) is 23.1 Å². The molecule has 3 aromatic rings. The van der Waals surface area contributed by atoms with Crippen molar-refractivity contribution in [3.8, 4) is 0 Å². The second-order valence-electron chi connectivity index (χ2n) is 8.45. The Balaban J connectivity index is 1.73. The number of nitrogens with one attached hydrogen (secondary N) is 1. The predicted octanol–water partition coefficient (Wildman–Crippen LogP) is 3.03. The number of carbonyl (C=O) groups is 1. The standard InChI is InChI=1S/C25H27F3N6O/c26-16-4-1-3-15(11-16)6-9-32-24-19(12-20(28)25(33-24)34-10-7-17(27)14-34)22(23(30)35)18-5-2-8-31-21(18)13-29/h1-5,8,11-12,17,22H,6-7,9-10,13-14,29H2,(H2,30,35)(H,32,33). The summed E-state index contributed by atoms with van der Waals surface area (Å²) < 4.78 is 42.6. The Morgan fingerprint density at radius 3 is 2.71 bits per heavy atom. The van der Waals surface area contributed by atoms with Gasteiger partial charge in [0.05, 0.1) is 18.2 Å². The molecule has 1 aliphatic rings. The van der Waals surface area contributed by atoms with Gasteiger partial charge in [0.1, 0.15) is 17.8 Å². The lowest BCUT2D eigenvalue weighted by Gasteiger charge is -2.24. The molecule has 10 heteroatoms. The van der Waals surface area contributed by atoms with E-state index in [1.54, 1.807) is 30.5 Å². The van der Waals surface area contributed by atoms with Gasteiger partial charge in [0.15, 0.2) is 11.6 Å². The lowest BCUT2D eigenvalue weighted by Crippen LogP contribution is -2.28. The molecule has 0 radical (unpaired) electrons. The first-order valence-electron chi connectivity index (χ1n) is 11.4. The number of rotatable bonds is 9. The van der Waals surface area contributed by atoms with Crippen LogP contribution in [-0.4, -0.2) is 41.7 Å². The Kier molecular flexibility index (Phi) is 7.50. The van der Waals surface area contributed by atoms with Crippen LogP contribution >= 0.6 is 0 Å². The van der Waals surface area contributed by atoms with E-state index in [0.717, 1.165) is 5.56 Å². The van der Waals surface area contributed by atoms with Crippen LogP contribution in [0.5, 0.6) is 0 Å². The summed E-state index contributed by atoms with van der Waals surface area (Å²) >= 11 is 0. The molecule has 7 nitrogen and oxygen atoms in total. The summed E-state index contributed by atoms with van der Waals surface area (Å²) in [6, 6.07) is 10.7. The molecule has 184 valence electrons. The van der Waals surface area contributed by atoms with E-state index in [-0.39, 0.29) is 42.5 Å². The third kappa shape index (κ3) is 5.54. The monoisotopic (exact) mass is 484 g/mol. The highest BCUT2D eigenvalue weighted by Crippen LogP contribution is 2.35. The molecular weight excluding hydrogens is 457 g/mol. The molecule has 0 bridgehead atoms. The topological polar surface area (TPSA) is 110 Å². The third-order valence-corrected chi connectivity index (χ3v) is 6.04. The minimum atomic E-state index is -1.07. The summed E-state index contributed by atoms with van der Waals surface area (Å²) in [5.41, 5.74) is 13.5. The molecule has 0 aliphatic carbocycles. The van der Waals surface area contributed by atoms with Crippen molar-refractivity contribution in [1.29, 1.82) is 0 Å². The first-order chi connectivity index (χ1) is 16.9. The maximum Gasteiger partial charge on any atom is 0.229 e. The van der Waals surface area contributed by atoms with E-state index in [4.69, 9.17) is 11.5 Å². The second kappa shape index (κ2) is 10.7. The minimum absolute atomic E-state index is 0.00406. The molecule has 35 heavy (non-hydrogen) atoms. The fraction of sp³-hybridized carbons (Fsp3) is 0.320. The number of amides is 1. The van der Waals surface area contributed by atoms with E-state index < -0.39 is 23.8 Å². The SMILES string of the molecule is NCc1ncccc1C(C(N)=O)c1cc(F)c(N2CCC(F)C2)nc1NCCc1cccc(F)c1. The molecule has 2 unspecified atom stereocenters. The van der Waals surface area contributed by atoms with Crippen LogP contribution in [0.1, 0.15) is 34.7 Å². The zero-order chi connectivity index (χ0) is 24.9. The first kappa shape index (κ1) is 24.5. The normalized spacial score (nSPS) is 16.3. The Morgan fingerprint density at radius 1 is 1.20 bits per heavy atom. The molecule has 2 aromatic heterocycles. The highest BCUT2D eigenvalue weighted by molar-refractivity contribution is 5.87. The number of alkyl halides is 1. The molecule has 1 aliphatic heterocycles. The number of pyridine rings is 2. The fourth-order valence-electron chi connectivity index (χ4n) is 4.36. The average Bonchev–Trinajstić information content (AvgIpc) is 3.26. The van der Waals surface area contributed by atoms with Crippen LogP contribution in [0.3, 0.4) is 0 Å². The number of hydrogen-bond acceptors (Lipinski definition) is 6. The van der Waals surface area contributed by atoms with E-state index in [9.17, 15) is 13.6 Å². The second-order valence-corrected chi connectivity index (χ2v) is 8.45. The van der Waals surface area contributed by atoms with E-state index >= 15 is 4.39 Å². The largest absolute Gasteiger partial charge is 0.369 e. The molecule has 2 atom stereocenters. The number of halogens is 3. The molecule has 1 saturated heterocycles. The Labute approximate surface area is 201 Å². The van der Waals surface area contributed by atoms with Crippen LogP contribution in [0.4, 0.5) is 24.8 Å². The van der Waals surface area contributed by atoms with Gasteiger partial charge in [-0.25, -0.2) is 18.2 Å². The molecular formula is C25H27F3N6O. The van der Waals surface area contributed by atoms with Crippen molar-refractivity contribution >= 4 is 17.5 Å². The molecule has 4 rings (SSSR count). The lowest BCUT2D eigenvalue weighted by molar-refractivity contribution is -0.118. The number of benzene rings is 1. The zero-order valence-electron chi connectivity index (χ0n) is 19.1. The van der Waals surface area contributed by atoms with Crippen LogP contribution in [0.15, 0.2) is 48.7 Å². The molecule has 0 saturated carbocycles. The average molecular weight is 485 g/mol. The Hall–Kier alpha value is -3.66. The van der Waals surface area contributed by atoms with Gasteiger partial charge in [-0.05, 0) is 48.2 Å². The Morgan fingerprint density at radius 2 is 2.03 bits per heavy atom. The number of nitrogens with two attached hydrogens (primary N) is 2. The van der Waals surface area contributed by atoms with E-state index in [1.807, 2.05) is 0 Å². The maximum absolute atomic E-state index is 15.3. The first-order valence-corrected chi connectivity index (χ1v) is 11.4. The van der Waals surface area contributed by atoms with Crippen molar-refractivity contribution in [2.75, 3.05) is 29.9 Å². The highest BCUT2D eigenvalue weighted by atomic mass is 19.1. The van der Waals surface area contributed by atoms with Crippen molar-refractivity contribution in [2.45, 2.75) is 31.5 Å². The van der Waals surface area contributed by atoms with Crippen LogP contribution in [0.2, 0.25) is 0 Å². The van der Waals surface area contributed by atoms with Gasteiger partial charge in [-0.3, -0.25) is 9.78 Å². The van der Waals surface area contributed by atoms with E-state index in [0.29, 0.717) is 30.8 Å². The van der Waals surface area contributed by atoms with Gasteiger partial charge in [-0.15, -0.1) is 0 Å². The van der Waals surface area contributed by atoms with Crippen molar-refractivity contribution < 1.29 is 18.0 Å². The Bertz CT molecular complexity index is 1210. The third-order valence-electron chi connectivity index (χ3n) is 6.04. The van der Waals surface area contributed by atoms with Gasteiger partial charge in [-0.2, -0.15) is 0 Å². The molecule has 0 spiro atoms. The number of aromatic nitrogens is 2. The van der Waals surface area contributed by atoms with Crippen LogP contribution in [0, 0.1) is 11.6 Å². The van der Waals surface area contributed by atoms with Crippen molar-refractivity contribution in [3.05, 3.63) is 82.7 Å². The lowest BCUT2D eigenvalue weighted by atomic mass is 9.89. The molecule has 5 N–H and O–H groups in total. The van der Waals surface area contributed by atoms with Crippen LogP contribution < -0.4 is 21.7 Å². The van der Waals surface area contributed by atoms with Crippen molar-refractivity contribution in [1.82, 2.24) is 9.97 Å². The van der Waals surface area contributed by atoms with Crippen LogP contribution in [0.25, 0.3) is 0 Å². The predicted molar refractivity (Wildman–Crippen MR) is 128 cm³/mol. The van der Waals surface area contributed by atoms with Gasteiger partial charge in [0, 0.05) is 31.4 Å². The highest BCUT2D eigenvalue weighted by Gasteiger charge is 2.31. The smallest absolute Gasteiger partial charge is 0.229 e. The van der Waals surface area contributed by atoms with Gasteiger partial charge in [-0.1, -0.05) is 18.2 Å². The summed E-state index contributed by atoms with van der Waals surface area (Å²) in [5.74, 6) is -2.59. The van der Waals surface area contributed by atoms with Gasteiger partial charge in [0.25, 0.3) is 0 Å². The quantitative estimate of drug-likeness (QED) is 0.431. The number of primary amides is 1. The summed E-state index contributed by atoms with van der Waals surface area (Å²) in [6.07, 6.45) is 1.21. The summed E-state index contributed by atoms with van der Waals surface area (Å²) in [4.78, 5) is 22.8.